The molecule has 0 unspecified atom stereocenters. The van der Waals surface area contributed by atoms with Gasteiger partial charge in [0, 0.05) is 18.0 Å². The third-order valence-corrected chi connectivity index (χ3v) is 3.41. The van der Waals surface area contributed by atoms with Crippen molar-refractivity contribution in [3.05, 3.63) is 65.5 Å². The highest BCUT2D eigenvalue weighted by Crippen LogP contribution is 2.25. The van der Waals surface area contributed by atoms with E-state index >= 15 is 0 Å². The minimum atomic E-state index is 0.563. The standard InChI is InChI=1S/C17H15N3O/c1-12-7-8-18-16(9-12)20-10-14(11-21)17(19-20)15-6-4-3-5-13(15)2/h3-11H,1-2H3. The van der Waals surface area contributed by atoms with Crippen molar-refractivity contribution in [1.82, 2.24) is 14.8 Å². The second-order valence-corrected chi connectivity index (χ2v) is 5.00. The van der Waals surface area contributed by atoms with Crippen molar-refractivity contribution in [2.75, 3.05) is 0 Å². The Morgan fingerprint density at radius 2 is 1.95 bits per heavy atom. The molecule has 2 heterocycles. The number of aldehydes is 1. The topological polar surface area (TPSA) is 47.8 Å². The third kappa shape index (κ3) is 2.48. The van der Waals surface area contributed by atoms with Crippen LogP contribution in [0.5, 0.6) is 0 Å². The van der Waals surface area contributed by atoms with Crippen molar-refractivity contribution in [3.8, 4) is 17.1 Å². The SMILES string of the molecule is Cc1ccnc(-n2cc(C=O)c(-c3ccccc3C)n2)c1. The van der Waals surface area contributed by atoms with E-state index in [9.17, 15) is 4.79 Å². The van der Waals surface area contributed by atoms with Gasteiger partial charge in [0.15, 0.2) is 12.1 Å². The number of rotatable bonds is 3. The van der Waals surface area contributed by atoms with Gasteiger partial charge in [-0.1, -0.05) is 24.3 Å². The van der Waals surface area contributed by atoms with Crippen molar-refractivity contribution in [1.29, 1.82) is 0 Å². The maximum atomic E-state index is 11.3. The molecule has 0 spiro atoms. The van der Waals surface area contributed by atoms with E-state index in [-0.39, 0.29) is 0 Å². The highest BCUT2D eigenvalue weighted by atomic mass is 16.1. The summed E-state index contributed by atoms with van der Waals surface area (Å²) < 4.78 is 1.65. The minimum Gasteiger partial charge on any atom is -0.298 e. The predicted molar refractivity (Wildman–Crippen MR) is 81.7 cm³/mol. The van der Waals surface area contributed by atoms with Crippen LogP contribution in [-0.4, -0.2) is 21.1 Å². The van der Waals surface area contributed by atoms with E-state index in [0.717, 1.165) is 23.0 Å². The molecule has 0 saturated carbocycles. The number of carbonyl (C=O) groups is 1. The third-order valence-electron chi connectivity index (χ3n) is 3.41. The Kier molecular flexibility index (Phi) is 3.36. The summed E-state index contributed by atoms with van der Waals surface area (Å²) in [6.07, 6.45) is 4.29. The number of hydrogen-bond donors (Lipinski definition) is 0. The fourth-order valence-corrected chi connectivity index (χ4v) is 2.28. The van der Waals surface area contributed by atoms with Crippen LogP contribution in [0.4, 0.5) is 0 Å². The minimum absolute atomic E-state index is 0.563. The van der Waals surface area contributed by atoms with Crippen LogP contribution in [0.25, 0.3) is 17.1 Å². The van der Waals surface area contributed by atoms with E-state index in [1.54, 1.807) is 17.1 Å². The zero-order chi connectivity index (χ0) is 14.8. The van der Waals surface area contributed by atoms with Crippen molar-refractivity contribution in [3.63, 3.8) is 0 Å². The highest BCUT2D eigenvalue weighted by Gasteiger charge is 2.13. The molecule has 0 N–H and O–H groups in total. The molecule has 0 saturated heterocycles. The van der Waals surface area contributed by atoms with E-state index in [0.29, 0.717) is 17.1 Å². The zero-order valence-corrected chi connectivity index (χ0v) is 11.9. The summed E-state index contributed by atoms with van der Waals surface area (Å²) in [5.74, 6) is 0.706. The molecule has 0 atom stereocenters. The zero-order valence-electron chi connectivity index (χ0n) is 11.9. The number of benzene rings is 1. The van der Waals surface area contributed by atoms with E-state index in [4.69, 9.17) is 0 Å². The molecule has 21 heavy (non-hydrogen) atoms. The van der Waals surface area contributed by atoms with E-state index < -0.39 is 0 Å². The van der Waals surface area contributed by atoms with Gasteiger partial charge in [-0.15, -0.1) is 0 Å². The van der Waals surface area contributed by atoms with Crippen LogP contribution in [0.2, 0.25) is 0 Å². The first kappa shape index (κ1) is 13.2. The summed E-state index contributed by atoms with van der Waals surface area (Å²) >= 11 is 0. The van der Waals surface area contributed by atoms with Crippen molar-refractivity contribution >= 4 is 6.29 Å². The van der Waals surface area contributed by atoms with Gasteiger partial charge in [0.2, 0.25) is 0 Å². The number of aromatic nitrogens is 3. The number of hydrogen-bond acceptors (Lipinski definition) is 3. The molecule has 0 aliphatic heterocycles. The van der Waals surface area contributed by atoms with Gasteiger partial charge in [0.1, 0.15) is 5.69 Å². The van der Waals surface area contributed by atoms with Gasteiger partial charge in [-0.25, -0.2) is 9.67 Å². The fourth-order valence-electron chi connectivity index (χ4n) is 2.28. The first-order valence-corrected chi connectivity index (χ1v) is 6.73. The second-order valence-electron chi connectivity index (χ2n) is 5.00. The van der Waals surface area contributed by atoms with E-state index in [2.05, 4.69) is 10.1 Å². The Morgan fingerprint density at radius 1 is 1.14 bits per heavy atom. The molecule has 1 aromatic carbocycles. The Balaban J connectivity index is 2.15. The first-order valence-electron chi connectivity index (χ1n) is 6.73. The quantitative estimate of drug-likeness (QED) is 0.690. The first-order chi connectivity index (χ1) is 10.2. The van der Waals surface area contributed by atoms with Crippen LogP contribution in [0.1, 0.15) is 21.5 Å². The van der Waals surface area contributed by atoms with Gasteiger partial charge in [0.05, 0.1) is 5.56 Å². The Bertz CT molecular complexity index is 805. The molecular formula is C17H15N3O. The lowest BCUT2D eigenvalue weighted by Crippen LogP contribution is -1.98. The molecule has 0 aliphatic rings. The van der Waals surface area contributed by atoms with Crippen LogP contribution >= 0.6 is 0 Å². The van der Waals surface area contributed by atoms with Crippen LogP contribution in [-0.2, 0) is 0 Å². The molecule has 0 aliphatic carbocycles. The van der Waals surface area contributed by atoms with E-state index in [1.165, 1.54) is 0 Å². The van der Waals surface area contributed by atoms with E-state index in [1.807, 2.05) is 50.2 Å². The second kappa shape index (κ2) is 5.32. The average molecular weight is 277 g/mol. The average Bonchev–Trinajstić information content (AvgIpc) is 2.92. The van der Waals surface area contributed by atoms with Crippen LogP contribution in [0.15, 0.2) is 48.8 Å². The van der Waals surface area contributed by atoms with Gasteiger partial charge in [-0.05, 0) is 37.1 Å². The number of nitrogens with zero attached hydrogens (tertiary/aromatic N) is 3. The Hall–Kier alpha value is -2.75. The normalized spacial score (nSPS) is 10.6. The Labute approximate surface area is 123 Å². The van der Waals surface area contributed by atoms with Crippen molar-refractivity contribution in [2.24, 2.45) is 0 Å². The monoisotopic (exact) mass is 277 g/mol. The molecule has 2 aromatic heterocycles. The Morgan fingerprint density at radius 3 is 2.67 bits per heavy atom. The lowest BCUT2D eigenvalue weighted by molar-refractivity contribution is 0.112. The van der Waals surface area contributed by atoms with Gasteiger partial charge in [0.25, 0.3) is 0 Å². The molecule has 0 fully saturated rings. The van der Waals surface area contributed by atoms with Gasteiger partial charge < -0.3 is 0 Å². The van der Waals surface area contributed by atoms with Gasteiger partial charge >= 0.3 is 0 Å². The summed E-state index contributed by atoms with van der Waals surface area (Å²) in [5, 5.41) is 4.55. The number of aryl methyl sites for hydroxylation is 2. The molecule has 0 amide bonds. The molecule has 4 heteroatoms. The lowest BCUT2D eigenvalue weighted by Gasteiger charge is -2.03. The predicted octanol–water partition coefficient (Wildman–Crippen LogP) is 3.36. The highest BCUT2D eigenvalue weighted by molar-refractivity contribution is 5.86. The molecular weight excluding hydrogens is 262 g/mol. The number of carbonyl (C=O) groups excluding carboxylic acids is 1. The van der Waals surface area contributed by atoms with Gasteiger partial charge in [-0.2, -0.15) is 5.10 Å². The lowest BCUT2D eigenvalue weighted by atomic mass is 10.0. The summed E-state index contributed by atoms with van der Waals surface area (Å²) in [5.41, 5.74) is 4.40. The van der Waals surface area contributed by atoms with Crippen molar-refractivity contribution in [2.45, 2.75) is 13.8 Å². The van der Waals surface area contributed by atoms with Crippen LogP contribution < -0.4 is 0 Å². The maximum absolute atomic E-state index is 11.3. The summed E-state index contributed by atoms with van der Waals surface area (Å²) in [4.78, 5) is 15.6. The smallest absolute Gasteiger partial charge is 0.153 e. The fraction of sp³-hybridized carbons (Fsp3) is 0.118. The molecule has 4 nitrogen and oxygen atoms in total. The molecule has 3 rings (SSSR count). The van der Waals surface area contributed by atoms with Crippen molar-refractivity contribution < 1.29 is 4.79 Å². The van der Waals surface area contributed by atoms with Gasteiger partial charge in [-0.3, -0.25) is 4.79 Å². The van der Waals surface area contributed by atoms with Crippen LogP contribution in [0.3, 0.4) is 0 Å². The summed E-state index contributed by atoms with van der Waals surface area (Å²) in [7, 11) is 0. The molecule has 104 valence electrons. The maximum Gasteiger partial charge on any atom is 0.153 e. The summed E-state index contributed by atoms with van der Waals surface area (Å²) in [6.45, 7) is 4.01. The summed E-state index contributed by atoms with van der Waals surface area (Å²) in [6, 6.07) is 11.8. The molecule has 0 radical (unpaired) electrons. The number of pyridine rings is 1. The van der Waals surface area contributed by atoms with Crippen LogP contribution in [0, 0.1) is 13.8 Å². The molecule has 3 aromatic rings. The largest absolute Gasteiger partial charge is 0.298 e. The molecule has 0 bridgehead atoms.